The highest BCUT2D eigenvalue weighted by Crippen LogP contribution is 2.40. The zero-order valence-electron chi connectivity index (χ0n) is 15.3. The summed E-state index contributed by atoms with van der Waals surface area (Å²) >= 11 is 0. The summed E-state index contributed by atoms with van der Waals surface area (Å²) < 4.78 is 11.0. The number of amidine groups is 1. The van der Waals surface area contributed by atoms with Crippen LogP contribution in [0.1, 0.15) is 16.7 Å². The highest BCUT2D eigenvalue weighted by Gasteiger charge is 2.40. The fraction of sp³-hybridized carbons (Fsp3) is 0.182. The van der Waals surface area contributed by atoms with E-state index in [9.17, 15) is 0 Å². The van der Waals surface area contributed by atoms with E-state index >= 15 is 0 Å². The Labute approximate surface area is 158 Å². The molecule has 1 unspecified atom stereocenters. The van der Waals surface area contributed by atoms with E-state index < -0.39 is 5.54 Å². The number of pyridine rings is 1. The lowest BCUT2D eigenvalue weighted by Crippen LogP contribution is -2.27. The summed E-state index contributed by atoms with van der Waals surface area (Å²) in [5.41, 5.74) is 10.4. The molecule has 27 heavy (non-hydrogen) atoms. The van der Waals surface area contributed by atoms with Crippen LogP contribution in [0.2, 0.25) is 0 Å². The maximum Gasteiger partial charge on any atom is 0.283 e. The molecule has 0 saturated heterocycles. The Balaban J connectivity index is 1.86. The predicted octanol–water partition coefficient (Wildman–Crippen LogP) is 3.65. The van der Waals surface area contributed by atoms with Crippen LogP contribution < -0.4 is 10.5 Å². The van der Waals surface area contributed by atoms with Crippen LogP contribution in [-0.2, 0) is 10.3 Å². The highest BCUT2D eigenvalue weighted by atomic mass is 16.5. The molecule has 4 rings (SSSR count). The quantitative estimate of drug-likeness (QED) is 0.772. The first-order chi connectivity index (χ1) is 13.1. The largest absolute Gasteiger partial charge is 0.496 e. The molecule has 0 bridgehead atoms. The highest BCUT2D eigenvalue weighted by molar-refractivity contribution is 5.76. The Morgan fingerprint density at radius 1 is 1.04 bits per heavy atom. The maximum atomic E-state index is 5.92. The maximum absolute atomic E-state index is 5.92. The molecule has 1 aromatic heterocycles. The van der Waals surface area contributed by atoms with Gasteiger partial charge in [-0.2, -0.15) is 0 Å². The molecule has 2 heterocycles. The van der Waals surface area contributed by atoms with Gasteiger partial charge in [-0.3, -0.25) is 4.98 Å². The van der Waals surface area contributed by atoms with Crippen molar-refractivity contribution in [3.8, 4) is 16.9 Å². The second-order valence-corrected chi connectivity index (χ2v) is 6.61. The van der Waals surface area contributed by atoms with Gasteiger partial charge in [0.05, 0.1) is 7.11 Å². The average Bonchev–Trinajstić information content (AvgIpc) is 3.12. The molecule has 5 nitrogen and oxygen atoms in total. The van der Waals surface area contributed by atoms with Crippen molar-refractivity contribution in [1.29, 1.82) is 0 Å². The van der Waals surface area contributed by atoms with Gasteiger partial charge in [-0.1, -0.05) is 30.3 Å². The van der Waals surface area contributed by atoms with Crippen molar-refractivity contribution in [2.24, 2.45) is 10.7 Å². The van der Waals surface area contributed by atoms with Crippen LogP contribution in [0, 0.1) is 6.92 Å². The number of hydrogen-bond acceptors (Lipinski definition) is 5. The Bertz CT molecular complexity index is 1000. The monoisotopic (exact) mass is 359 g/mol. The van der Waals surface area contributed by atoms with Gasteiger partial charge in [0.1, 0.15) is 12.4 Å². The lowest BCUT2D eigenvalue weighted by atomic mass is 9.82. The van der Waals surface area contributed by atoms with Gasteiger partial charge < -0.3 is 15.2 Å². The van der Waals surface area contributed by atoms with E-state index in [2.05, 4.69) is 29.2 Å². The third kappa shape index (κ3) is 3.01. The van der Waals surface area contributed by atoms with Crippen LogP contribution >= 0.6 is 0 Å². The Morgan fingerprint density at radius 3 is 2.52 bits per heavy atom. The van der Waals surface area contributed by atoms with Gasteiger partial charge in [-0.15, -0.1) is 0 Å². The summed E-state index contributed by atoms with van der Waals surface area (Å²) in [5.74, 6) is 0.842. The Kier molecular flexibility index (Phi) is 4.28. The topological polar surface area (TPSA) is 69.7 Å². The Hall–Kier alpha value is -3.34. The molecule has 1 aliphatic rings. The number of rotatable bonds is 4. The number of benzene rings is 2. The van der Waals surface area contributed by atoms with Crippen LogP contribution in [0.25, 0.3) is 11.1 Å². The second kappa shape index (κ2) is 6.76. The summed E-state index contributed by atoms with van der Waals surface area (Å²) in [7, 11) is 1.67. The Morgan fingerprint density at radius 2 is 1.85 bits per heavy atom. The van der Waals surface area contributed by atoms with Crippen molar-refractivity contribution >= 4 is 6.02 Å². The zero-order chi connectivity index (χ0) is 18.9. The van der Waals surface area contributed by atoms with Crippen molar-refractivity contribution < 1.29 is 9.47 Å². The van der Waals surface area contributed by atoms with Crippen LogP contribution in [0.3, 0.4) is 0 Å². The van der Waals surface area contributed by atoms with Gasteiger partial charge in [-0.25, -0.2) is 4.99 Å². The molecule has 136 valence electrons. The molecular formula is C22H21N3O2. The van der Waals surface area contributed by atoms with Gasteiger partial charge in [0.15, 0.2) is 5.54 Å². The number of hydrogen-bond donors (Lipinski definition) is 1. The molecule has 1 atom stereocenters. The van der Waals surface area contributed by atoms with Crippen molar-refractivity contribution in [1.82, 2.24) is 4.98 Å². The molecule has 0 aliphatic carbocycles. The number of ether oxygens (including phenoxy) is 2. The minimum atomic E-state index is -0.681. The van der Waals surface area contributed by atoms with Crippen molar-refractivity contribution in [2.45, 2.75) is 12.5 Å². The van der Waals surface area contributed by atoms with E-state index in [-0.39, 0.29) is 6.02 Å². The summed E-state index contributed by atoms with van der Waals surface area (Å²) in [5, 5.41) is 0. The third-order valence-corrected chi connectivity index (χ3v) is 4.94. The number of nitrogens with zero attached hydrogens (tertiary/aromatic N) is 2. The smallest absolute Gasteiger partial charge is 0.283 e. The molecule has 0 radical (unpaired) electrons. The van der Waals surface area contributed by atoms with Crippen LogP contribution in [0.5, 0.6) is 5.75 Å². The van der Waals surface area contributed by atoms with E-state index in [0.717, 1.165) is 33.6 Å². The van der Waals surface area contributed by atoms with E-state index in [1.54, 1.807) is 13.3 Å². The van der Waals surface area contributed by atoms with Crippen LogP contribution in [0.4, 0.5) is 0 Å². The minimum Gasteiger partial charge on any atom is -0.496 e. The first-order valence-corrected chi connectivity index (χ1v) is 8.76. The zero-order valence-corrected chi connectivity index (χ0v) is 15.3. The summed E-state index contributed by atoms with van der Waals surface area (Å²) in [4.78, 5) is 8.93. The van der Waals surface area contributed by atoms with E-state index in [1.165, 1.54) is 0 Å². The van der Waals surface area contributed by atoms with E-state index in [1.807, 2.05) is 43.5 Å². The molecule has 2 N–H and O–H groups in total. The van der Waals surface area contributed by atoms with Crippen molar-refractivity contribution in [3.05, 3.63) is 83.7 Å². The van der Waals surface area contributed by atoms with Crippen LogP contribution in [-0.4, -0.2) is 24.7 Å². The standard InChI is InChI=1S/C22H21N3O2/c1-15-11-19(8-9-20(15)26-2)22(14-27-21(23)25-22)18-7-3-5-16(12-18)17-6-4-10-24-13-17/h3-13H,14H2,1-2H3,(H2,23,25). The number of aromatic nitrogens is 1. The normalized spacial score (nSPS) is 18.7. The molecule has 0 spiro atoms. The summed E-state index contributed by atoms with van der Waals surface area (Å²) in [6, 6.07) is 18.5. The summed E-state index contributed by atoms with van der Waals surface area (Å²) in [6.07, 6.45) is 3.62. The lowest BCUT2D eigenvalue weighted by molar-refractivity contribution is 0.278. The lowest BCUT2D eigenvalue weighted by Gasteiger charge is -2.26. The van der Waals surface area contributed by atoms with E-state index in [0.29, 0.717) is 6.61 Å². The molecule has 2 aromatic carbocycles. The van der Waals surface area contributed by atoms with Gasteiger partial charge in [0.2, 0.25) is 0 Å². The minimum absolute atomic E-state index is 0.204. The second-order valence-electron chi connectivity index (χ2n) is 6.61. The number of nitrogens with two attached hydrogens (primary N) is 1. The van der Waals surface area contributed by atoms with Crippen molar-refractivity contribution in [2.75, 3.05) is 13.7 Å². The van der Waals surface area contributed by atoms with Gasteiger partial charge in [0.25, 0.3) is 6.02 Å². The summed E-state index contributed by atoms with van der Waals surface area (Å²) in [6.45, 7) is 2.38. The van der Waals surface area contributed by atoms with Crippen molar-refractivity contribution in [3.63, 3.8) is 0 Å². The van der Waals surface area contributed by atoms with Crippen LogP contribution in [0.15, 0.2) is 72.0 Å². The molecule has 0 saturated carbocycles. The van der Waals surface area contributed by atoms with E-state index in [4.69, 9.17) is 20.2 Å². The molecule has 0 fully saturated rings. The fourth-order valence-corrected chi connectivity index (χ4v) is 3.52. The number of methoxy groups -OCH3 is 1. The predicted molar refractivity (Wildman–Crippen MR) is 106 cm³/mol. The third-order valence-electron chi connectivity index (χ3n) is 4.94. The molecule has 1 aliphatic heterocycles. The first kappa shape index (κ1) is 17.1. The molecule has 3 aromatic rings. The average molecular weight is 359 g/mol. The first-order valence-electron chi connectivity index (χ1n) is 8.76. The van der Waals surface area contributed by atoms with Gasteiger partial charge in [0, 0.05) is 12.4 Å². The molecule has 5 heteroatoms. The number of aliphatic imine (C=N–C) groups is 1. The van der Waals surface area contributed by atoms with Gasteiger partial charge >= 0.3 is 0 Å². The number of aryl methyl sites for hydroxylation is 1. The molecule has 0 amide bonds. The SMILES string of the molecule is COc1ccc(C2(c3cccc(-c4cccnc4)c3)COC(N)=N2)cc1C. The fourth-order valence-electron chi connectivity index (χ4n) is 3.52. The van der Waals surface area contributed by atoms with Gasteiger partial charge in [-0.05, 0) is 59.0 Å². The molecular weight excluding hydrogens is 338 g/mol.